The van der Waals surface area contributed by atoms with Gasteiger partial charge in [-0.3, -0.25) is 9.78 Å². The van der Waals surface area contributed by atoms with Gasteiger partial charge in [-0.2, -0.15) is 0 Å². The first-order valence-electron chi connectivity index (χ1n) is 16.8. The van der Waals surface area contributed by atoms with Crippen molar-refractivity contribution in [2.45, 2.75) is 90.3 Å². The highest BCUT2D eigenvalue weighted by molar-refractivity contribution is 7.11. The lowest BCUT2D eigenvalue weighted by Gasteiger charge is -2.30. The molecule has 2 aromatic carbocycles. The van der Waals surface area contributed by atoms with Gasteiger partial charge in [0.05, 0.1) is 29.1 Å². The Morgan fingerprint density at radius 2 is 1.56 bits per heavy atom. The van der Waals surface area contributed by atoms with Gasteiger partial charge in [-0.25, -0.2) is 14.6 Å². The first-order valence-corrected chi connectivity index (χ1v) is 18.5. The van der Waals surface area contributed by atoms with E-state index >= 15 is 0 Å². The number of carbonyl (C=O) groups is 3. The molecule has 268 valence electrons. The molecule has 2 aromatic heterocycles. The van der Waals surface area contributed by atoms with E-state index in [1.54, 1.807) is 30.1 Å². The maximum Gasteiger partial charge on any atom is 0.407 e. The third kappa shape index (κ3) is 12.2. The summed E-state index contributed by atoms with van der Waals surface area (Å²) in [7, 11) is 1.68. The molecule has 4 atom stereocenters. The highest BCUT2D eigenvalue weighted by Gasteiger charge is 2.31. The summed E-state index contributed by atoms with van der Waals surface area (Å²) < 4.78 is 5.43. The Morgan fingerprint density at radius 1 is 0.900 bits per heavy atom. The lowest BCUT2D eigenvalue weighted by molar-refractivity contribution is -0.124. The van der Waals surface area contributed by atoms with Crippen LogP contribution in [0.15, 0.2) is 78.6 Å². The van der Waals surface area contributed by atoms with Gasteiger partial charge in [0.25, 0.3) is 0 Å². The molecule has 0 aliphatic rings. The zero-order valence-corrected chi connectivity index (χ0v) is 30.9. The molecule has 2 heterocycles. The Morgan fingerprint density at radius 3 is 2.14 bits per heavy atom. The second-order valence-corrected chi connectivity index (χ2v) is 15.1. The van der Waals surface area contributed by atoms with Gasteiger partial charge >= 0.3 is 12.1 Å². The molecule has 0 unspecified atom stereocenters. The largest absolute Gasteiger partial charge is 0.444 e. The van der Waals surface area contributed by atoms with E-state index in [0.29, 0.717) is 25.3 Å². The van der Waals surface area contributed by atoms with Crippen LogP contribution in [-0.2, 0) is 35.5 Å². The molecule has 4 aromatic rings. The van der Waals surface area contributed by atoms with Gasteiger partial charge in [-0.15, -0.1) is 22.7 Å². The quantitative estimate of drug-likeness (QED) is 0.106. The monoisotopic (exact) mass is 720 g/mol. The second-order valence-electron chi connectivity index (χ2n) is 13.0. The highest BCUT2D eigenvalue weighted by atomic mass is 32.1. The van der Waals surface area contributed by atoms with Crippen LogP contribution in [0.1, 0.15) is 65.9 Å². The lowest BCUT2D eigenvalue weighted by Crippen LogP contribution is -2.55. The van der Waals surface area contributed by atoms with E-state index in [1.165, 1.54) is 16.2 Å². The van der Waals surface area contributed by atoms with Crippen molar-refractivity contribution in [3.05, 3.63) is 104 Å². The number of thiazole rings is 2. The summed E-state index contributed by atoms with van der Waals surface area (Å²) in [6, 6.07) is 16.8. The van der Waals surface area contributed by atoms with Crippen molar-refractivity contribution < 1.29 is 24.2 Å². The van der Waals surface area contributed by atoms with Gasteiger partial charge in [-0.1, -0.05) is 88.4 Å². The van der Waals surface area contributed by atoms with Crippen molar-refractivity contribution in [2.24, 2.45) is 5.92 Å². The number of nitrogens with zero attached hydrogens (tertiary/aromatic N) is 3. The summed E-state index contributed by atoms with van der Waals surface area (Å²) in [4.78, 5) is 52.0. The van der Waals surface area contributed by atoms with Crippen molar-refractivity contribution in [3.63, 3.8) is 0 Å². The van der Waals surface area contributed by atoms with E-state index in [-0.39, 0.29) is 30.9 Å². The van der Waals surface area contributed by atoms with E-state index in [1.807, 2.05) is 80.7 Å². The number of rotatable bonds is 17. The second kappa shape index (κ2) is 19.2. The minimum absolute atomic E-state index is 0.0671. The topological polar surface area (TPSA) is 146 Å². The Kier molecular flexibility index (Phi) is 14.7. The maximum atomic E-state index is 13.9. The summed E-state index contributed by atoms with van der Waals surface area (Å²) >= 11 is 2.95. The number of hydrogen-bond donors (Lipinski definition) is 4. The molecule has 0 spiro atoms. The van der Waals surface area contributed by atoms with Crippen molar-refractivity contribution in [1.29, 1.82) is 0 Å². The standard InChI is InChI=1S/C37H48N6O5S2/c1-24(2)32-20-39-33(50-32)21-43(5)36(46)42-34(25(3)4)35(45)40-28(16-26-12-8-6-9-13-26)18-31(44)30(17-27-14-10-7-11-15-27)41-37(47)48-22-29-19-38-23-49-29/h6-15,19-20,23-25,28,30-31,34,44H,16-18,21-22H2,1-5H3,(H,40,45)(H,41,47)(H,42,46)/t28-,30+,31+,34+/m1/s1. The summed E-state index contributed by atoms with van der Waals surface area (Å²) in [5.74, 6) is -0.227. The fourth-order valence-corrected chi connectivity index (χ4v) is 6.83. The minimum atomic E-state index is -1.05. The van der Waals surface area contributed by atoms with Crippen molar-refractivity contribution in [1.82, 2.24) is 30.8 Å². The number of aliphatic hydroxyl groups excluding tert-OH is 1. The summed E-state index contributed by atoms with van der Waals surface area (Å²) in [5, 5.41) is 21.4. The van der Waals surface area contributed by atoms with Crippen LogP contribution in [0, 0.1) is 5.92 Å². The van der Waals surface area contributed by atoms with E-state index in [4.69, 9.17) is 4.74 Å². The molecule has 4 rings (SSSR count). The van der Waals surface area contributed by atoms with Crippen LogP contribution in [0.5, 0.6) is 0 Å². The third-order valence-corrected chi connectivity index (χ3v) is 10.2. The number of benzene rings is 2. The molecule has 0 saturated carbocycles. The minimum Gasteiger partial charge on any atom is -0.444 e. The Labute approximate surface area is 302 Å². The third-order valence-electron chi connectivity index (χ3n) is 8.18. The molecule has 4 amide bonds. The SMILES string of the molecule is CC(C)c1cnc(CN(C)C(=O)N[C@H](C(=O)N[C@H](Cc2ccccc2)C[C@H](O)[C@H](Cc2ccccc2)NC(=O)OCc2cncs2)C(C)C)s1. The van der Waals surface area contributed by atoms with Gasteiger partial charge < -0.3 is 30.7 Å². The molecule has 0 aliphatic carbocycles. The van der Waals surface area contributed by atoms with Crippen molar-refractivity contribution in [3.8, 4) is 0 Å². The average Bonchev–Trinajstić information content (AvgIpc) is 3.79. The molecule has 0 radical (unpaired) electrons. The molecule has 13 heteroatoms. The summed E-state index contributed by atoms with van der Waals surface area (Å²) in [6.07, 6.45) is 2.68. The van der Waals surface area contributed by atoms with Crippen LogP contribution in [0.25, 0.3) is 0 Å². The molecule has 4 N–H and O–H groups in total. The smallest absolute Gasteiger partial charge is 0.407 e. The van der Waals surface area contributed by atoms with E-state index in [2.05, 4.69) is 39.8 Å². The van der Waals surface area contributed by atoms with Crippen molar-refractivity contribution in [2.75, 3.05) is 7.05 Å². The lowest BCUT2D eigenvalue weighted by atomic mass is 9.93. The normalized spacial score (nSPS) is 13.7. The first kappa shape index (κ1) is 38.5. The number of nitrogens with one attached hydrogen (secondary N) is 3. The fraction of sp³-hybridized carbons (Fsp3) is 0.432. The van der Waals surface area contributed by atoms with E-state index in [0.717, 1.165) is 25.9 Å². The average molecular weight is 721 g/mol. The highest BCUT2D eigenvalue weighted by Crippen LogP contribution is 2.23. The first-order chi connectivity index (χ1) is 24.0. The van der Waals surface area contributed by atoms with E-state index < -0.39 is 30.3 Å². The van der Waals surface area contributed by atoms with Gasteiger partial charge in [0, 0.05) is 30.4 Å². The number of amides is 4. The van der Waals surface area contributed by atoms with Crippen molar-refractivity contribution >= 4 is 40.7 Å². The van der Waals surface area contributed by atoms with Gasteiger partial charge in [-0.05, 0) is 42.2 Å². The summed E-state index contributed by atoms with van der Waals surface area (Å²) in [5.41, 5.74) is 3.56. The predicted octanol–water partition coefficient (Wildman–Crippen LogP) is 5.91. The number of carbonyl (C=O) groups excluding carboxylic acids is 3. The molecule has 0 aliphatic heterocycles. The number of alkyl carbamates (subject to hydrolysis) is 1. The van der Waals surface area contributed by atoms with Gasteiger partial charge in [0.2, 0.25) is 5.91 Å². The molecule has 0 fully saturated rings. The van der Waals surface area contributed by atoms with Gasteiger partial charge in [0.1, 0.15) is 17.7 Å². The van der Waals surface area contributed by atoms with Crippen LogP contribution < -0.4 is 16.0 Å². The maximum absolute atomic E-state index is 13.9. The number of urea groups is 1. The molecule has 50 heavy (non-hydrogen) atoms. The molecule has 0 saturated heterocycles. The number of hydrogen-bond acceptors (Lipinski definition) is 9. The Hall–Kier alpha value is -4.33. The summed E-state index contributed by atoms with van der Waals surface area (Å²) in [6.45, 7) is 8.34. The van der Waals surface area contributed by atoms with Crippen LogP contribution in [0.2, 0.25) is 0 Å². The van der Waals surface area contributed by atoms with Crippen LogP contribution in [-0.4, -0.2) is 69.3 Å². The number of aromatic nitrogens is 2. The molecule has 11 nitrogen and oxygen atoms in total. The van der Waals surface area contributed by atoms with Crippen LogP contribution in [0.4, 0.5) is 9.59 Å². The molecular formula is C37H48N6O5S2. The van der Waals surface area contributed by atoms with Crippen LogP contribution >= 0.6 is 22.7 Å². The zero-order valence-electron chi connectivity index (χ0n) is 29.2. The predicted molar refractivity (Wildman–Crippen MR) is 197 cm³/mol. The number of ether oxygens (including phenoxy) is 1. The van der Waals surface area contributed by atoms with Gasteiger partial charge in [0.15, 0.2) is 0 Å². The fourth-order valence-electron chi connectivity index (χ4n) is 5.35. The van der Waals surface area contributed by atoms with E-state index in [9.17, 15) is 19.5 Å². The molecule has 0 bridgehead atoms. The zero-order chi connectivity index (χ0) is 36.0. The Bertz CT molecular complexity index is 1620. The number of aliphatic hydroxyl groups is 1. The van der Waals surface area contributed by atoms with Crippen LogP contribution in [0.3, 0.4) is 0 Å². The molecular weight excluding hydrogens is 673 g/mol. The Balaban J connectivity index is 1.46.